The van der Waals surface area contributed by atoms with Gasteiger partial charge < -0.3 is 15.2 Å². The zero-order valence-corrected chi connectivity index (χ0v) is 13.2. The number of rotatable bonds is 3. The molecule has 0 spiro atoms. The lowest BCUT2D eigenvalue weighted by atomic mass is 9.90. The van der Waals surface area contributed by atoms with Gasteiger partial charge in [0, 0.05) is 19.2 Å². The molecule has 0 aliphatic carbocycles. The third kappa shape index (κ3) is 2.84. The van der Waals surface area contributed by atoms with Crippen LogP contribution in [0.3, 0.4) is 0 Å². The summed E-state index contributed by atoms with van der Waals surface area (Å²) < 4.78 is 5.93. The molecule has 1 saturated heterocycles. The summed E-state index contributed by atoms with van der Waals surface area (Å²) >= 11 is 7.29. The van der Waals surface area contributed by atoms with Crippen LogP contribution in [0.15, 0.2) is 22.7 Å². The second kappa shape index (κ2) is 5.44. The second-order valence-electron chi connectivity index (χ2n) is 5.67. The van der Waals surface area contributed by atoms with E-state index in [2.05, 4.69) is 12.1 Å². The van der Waals surface area contributed by atoms with Gasteiger partial charge in [-0.25, -0.2) is 0 Å². The fraction of sp³-hybridized carbons (Fsp3) is 0.429. The van der Waals surface area contributed by atoms with E-state index in [0.29, 0.717) is 35.4 Å². The van der Waals surface area contributed by atoms with Crippen LogP contribution in [0.1, 0.15) is 23.8 Å². The van der Waals surface area contributed by atoms with E-state index >= 15 is 0 Å². The maximum Gasteiger partial charge on any atom is 0.276 e. The summed E-state index contributed by atoms with van der Waals surface area (Å²) in [6, 6.07) is 5.31. The number of nitrogens with zero attached hydrogens (tertiary/aromatic N) is 2. The van der Waals surface area contributed by atoms with Gasteiger partial charge in [-0.15, -0.1) is 11.3 Å². The molecule has 0 saturated carbocycles. The lowest BCUT2D eigenvalue weighted by molar-refractivity contribution is 0.0766. The van der Waals surface area contributed by atoms with E-state index in [4.69, 9.17) is 21.9 Å². The van der Waals surface area contributed by atoms with Crippen LogP contribution < -0.4 is 5.73 Å². The van der Waals surface area contributed by atoms with E-state index in [1.54, 1.807) is 17.0 Å². The maximum absolute atomic E-state index is 12.4. The van der Waals surface area contributed by atoms with Gasteiger partial charge in [0.1, 0.15) is 0 Å². The molecule has 1 fully saturated rings. The van der Waals surface area contributed by atoms with E-state index in [1.807, 2.05) is 6.07 Å². The number of nitrogens with two attached hydrogens (primary N) is 1. The topological polar surface area (TPSA) is 72.4 Å². The average Bonchev–Trinajstić information content (AvgIpc) is 3.17. The molecule has 3 rings (SSSR count). The Morgan fingerprint density at radius 2 is 2.43 bits per heavy atom. The minimum Gasteiger partial charge on any atom is -0.355 e. The highest BCUT2D eigenvalue weighted by molar-refractivity contribution is 7.19. The molecule has 1 unspecified atom stereocenters. The SMILES string of the molecule is CC1(CN)CCN(C(=O)c2cc(-c3ccc(Cl)s3)on2)C1. The van der Waals surface area contributed by atoms with Crippen molar-refractivity contribution >= 4 is 28.8 Å². The van der Waals surface area contributed by atoms with Gasteiger partial charge in [0.25, 0.3) is 5.91 Å². The van der Waals surface area contributed by atoms with Gasteiger partial charge in [0.05, 0.1) is 9.21 Å². The second-order valence-corrected chi connectivity index (χ2v) is 7.39. The largest absolute Gasteiger partial charge is 0.355 e. The summed E-state index contributed by atoms with van der Waals surface area (Å²) in [6.07, 6.45) is 0.917. The standard InChI is InChI=1S/C14H16ClN3O2S/c1-14(7-16)4-5-18(8-14)13(19)9-6-10(20-17-9)11-2-3-12(15)21-11/h2-3,6H,4-5,7-8,16H2,1H3. The number of aromatic nitrogens is 1. The molecular weight excluding hydrogens is 310 g/mol. The fourth-order valence-electron chi connectivity index (χ4n) is 2.46. The molecule has 0 radical (unpaired) electrons. The zero-order valence-electron chi connectivity index (χ0n) is 11.6. The molecule has 112 valence electrons. The summed E-state index contributed by atoms with van der Waals surface area (Å²) in [4.78, 5) is 15.1. The number of amides is 1. The Bertz CT molecular complexity index is 669. The van der Waals surface area contributed by atoms with Crippen molar-refractivity contribution in [1.82, 2.24) is 10.1 Å². The van der Waals surface area contributed by atoms with Gasteiger partial charge in [-0.1, -0.05) is 23.7 Å². The highest BCUT2D eigenvalue weighted by atomic mass is 35.5. The van der Waals surface area contributed by atoms with Crippen molar-refractivity contribution in [2.75, 3.05) is 19.6 Å². The van der Waals surface area contributed by atoms with Crippen molar-refractivity contribution < 1.29 is 9.32 Å². The number of hydrogen-bond acceptors (Lipinski definition) is 5. The lowest BCUT2D eigenvalue weighted by Gasteiger charge is -2.21. The summed E-state index contributed by atoms with van der Waals surface area (Å²) in [5, 5.41) is 3.89. The van der Waals surface area contributed by atoms with E-state index in [9.17, 15) is 4.79 Å². The smallest absolute Gasteiger partial charge is 0.276 e. The minimum absolute atomic E-state index is 0.00348. The van der Waals surface area contributed by atoms with Crippen LogP contribution in [0.4, 0.5) is 0 Å². The number of carbonyl (C=O) groups is 1. The number of halogens is 1. The van der Waals surface area contributed by atoms with E-state index in [1.165, 1.54) is 11.3 Å². The normalized spacial score (nSPS) is 22.0. The van der Waals surface area contributed by atoms with Crippen molar-refractivity contribution in [3.8, 4) is 10.6 Å². The van der Waals surface area contributed by atoms with Gasteiger partial charge in [-0.05, 0) is 30.5 Å². The van der Waals surface area contributed by atoms with E-state index in [-0.39, 0.29) is 11.3 Å². The van der Waals surface area contributed by atoms with Gasteiger partial charge in [-0.3, -0.25) is 4.79 Å². The molecule has 21 heavy (non-hydrogen) atoms. The monoisotopic (exact) mass is 325 g/mol. The lowest BCUT2D eigenvalue weighted by Crippen LogP contribution is -2.34. The maximum atomic E-state index is 12.4. The van der Waals surface area contributed by atoms with Crippen LogP contribution >= 0.6 is 22.9 Å². The Balaban J connectivity index is 1.76. The number of hydrogen-bond donors (Lipinski definition) is 1. The van der Waals surface area contributed by atoms with Crippen LogP contribution in [0, 0.1) is 5.41 Å². The quantitative estimate of drug-likeness (QED) is 0.941. The van der Waals surface area contributed by atoms with Crippen molar-refractivity contribution in [1.29, 1.82) is 0 Å². The van der Waals surface area contributed by atoms with E-state index in [0.717, 1.165) is 11.3 Å². The molecule has 0 bridgehead atoms. The fourth-order valence-corrected chi connectivity index (χ4v) is 3.46. The Morgan fingerprint density at radius 1 is 1.62 bits per heavy atom. The summed E-state index contributed by atoms with van der Waals surface area (Å²) in [5.74, 6) is 0.459. The van der Waals surface area contributed by atoms with Crippen molar-refractivity contribution in [3.63, 3.8) is 0 Å². The predicted molar refractivity (Wildman–Crippen MR) is 82.5 cm³/mol. The summed E-state index contributed by atoms with van der Waals surface area (Å²) in [5.41, 5.74) is 6.10. The van der Waals surface area contributed by atoms with Crippen molar-refractivity contribution in [3.05, 3.63) is 28.2 Å². The molecule has 7 heteroatoms. The molecule has 0 aromatic carbocycles. The predicted octanol–water partition coefficient (Wildman–Crippen LogP) is 2.87. The first-order valence-electron chi connectivity index (χ1n) is 6.72. The average molecular weight is 326 g/mol. The third-order valence-corrected chi connectivity index (χ3v) is 5.13. The van der Waals surface area contributed by atoms with Crippen LogP contribution in [0.5, 0.6) is 0 Å². The Hall–Kier alpha value is -1.37. The van der Waals surface area contributed by atoms with Crippen LogP contribution in [-0.4, -0.2) is 35.6 Å². The number of thiophene rings is 1. The molecular formula is C14H16ClN3O2S. The highest BCUT2D eigenvalue weighted by Gasteiger charge is 2.36. The van der Waals surface area contributed by atoms with Crippen LogP contribution in [0.2, 0.25) is 4.34 Å². The first-order chi connectivity index (χ1) is 10.0. The first kappa shape index (κ1) is 14.6. The van der Waals surface area contributed by atoms with Crippen LogP contribution in [0.25, 0.3) is 10.6 Å². The minimum atomic E-state index is -0.107. The number of carbonyl (C=O) groups excluding carboxylic acids is 1. The highest BCUT2D eigenvalue weighted by Crippen LogP contribution is 2.33. The molecule has 3 heterocycles. The number of likely N-dealkylation sites (tertiary alicyclic amines) is 1. The summed E-state index contributed by atoms with van der Waals surface area (Å²) in [7, 11) is 0. The Labute approximate surface area is 131 Å². The Kier molecular flexibility index (Phi) is 3.77. The molecule has 1 aliphatic heterocycles. The molecule has 1 aliphatic rings. The molecule has 2 aromatic heterocycles. The van der Waals surface area contributed by atoms with Crippen molar-refractivity contribution in [2.24, 2.45) is 11.1 Å². The third-order valence-electron chi connectivity index (χ3n) is 3.88. The zero-order chi connectivity index (χ0) is 15.0. The molecule has 1 amide bonds. The van der Waals surface area contributed by atoms with Gasteiger partial charge in [0.15, 0.2) is 11.5 Å². The molecule has 2 N–H and O–H groups in total. The van der Waals surface area contributed by atoms with Crippen LogP contribution in [-0.2, 0) is 0 Å². The first-order valence-corrected chi connectivity index (χ1v) is 7.92. The molecule has 2 aromatic rings. The van der Waals surface area contributed by atoms with Gasteiger partial charge in [-0.2, -0.15) is 0 Å². The van der Waals surface area contributed by atoms with E-state index < -0.39 is 0 Å². The van der Waals surface area contributed by atoms with Gasteiger partial charge in [0.2, 0.25) is 0 Å². The molecule has 5 nitrogen and oxygen atoms in total. The molecule has 1 atom stereocenters. The van der Waals surface area contributed by atoms with Gasteiger partial charge >= 0.3 is 0 Å². The van der Waals surface area contributed by atoms with Crippen molar-refractivity contribution in [2.45, 2.75) is 13.3 Å². The summed E-state index contributed by atoms with van der Waals surface area (Å²) in [6.45, 7) is 4.05. The Morgan fingerprint density at radius 3 is 3.05 bits per heavy atom.